The molecule has 6 nitrogen and oxygen atoms in total. The number of anilines is 1. The molecule has 0 aliphatic carbocycles. The molecule has 0 fully saturated rings. The van der Waals surface area contributed by atoms with Gasteiger partial charge < -0.3 is 25.4 Å². The van der Waals surface area contributed by atoms with Crippen molar-refractivity contribution in [1.82, 2.24) is 5.32 Å². The molecule has 1 aromatic heterocycles. The third-order valence-corrected chi connectivity index (χ3v) is 6.01. The number of esters is 1. The number of carbonyl (C=O) groups excluding carboxylic acids is 1. The van der Waals surface area contributed by atoms with Crippen LogP contribution in [0.1, 0.15) is 55.4 Å². The molecule has 26 heavy (non-hydrogen) atoms. The van der Waals surface area contributed by atoms with Gasteiger partial charge in [-0.3, -0.25) is 0 Å². The van der Waals surface area contributed by atoms with Crippen LogP contribution in [0.25, 0.3) is 0 Å². The standard InChI is InChI=1S/C18H29N3O3S2/c1-7-24-15(22)12-11-10-17(2,3)21-18(4,5)13(11)26-14(12)20-16(25)19-8-9-23-6/h21H,7-10H2,1-6H3,(H2,19,20,25)/p+1. The summed E-state index contributed by atoms with van der Waals surface area (Å²) in [5.41, 5.74) is 1.59. The molecule has 1 aromatic rings. The zero-order valence-corrected chi connectivity index (χ0v) is 18.1. The number of ether oxygens (including phenoxy) is 2. The number of carbonyl (C=O) groups is 1. The second-order valence-electron chi connectivity index (χ2n) is 7.74. The Hall–Kier alpha value is -1.22. The van der Waals surface area contributed by atoms with Crippen molar-refractivity contribution >= 4 is 39.6 Å². The molecular formula is C18H30N3O3S2+. The fourth-order valence-corrected chi connectivity index (χ4v) is 5.18. The molecule has 1 aliphatic heterocycles. The molecular weight excluding hydrogens is 370 g/mol. The van der Waals surface area contributed by atoms with Crippen LogP contribution in [0.15, 0.2) is 0 Å². The van der Waals surface area contributed by atoms with Crippen LogP contribution in [-0.4, -0.2) is 43.5 Å². The third-order valence-electron chi connectivity index (χ3n) is 4.27. The normalized spacial score (nSPS) is 17.3. The van der Waals surface area contributed by atoms with E-state index in [1.54, 1.807) is 18.4 Å². The van der Waals surface area contributed by atoms with E-state index in [9.17, 15) is 4.79 Å². The lowest BCUT2D eigenvalue weighted by molar-refractivity contribution is -0.789. The minimum Gasteiger partial charge on any atom is -0.462 e. The van der Waals surface area contributed by atoms with Crippen molar-refractivity contribution in [1.29, 1.82) is 0 Å². The Balaban J connectivity index is 2.40. The summed E-state index contributed by atoms with van der Waals surface area (Å²) in [6, 6.07) is 0. The van der Waals surface area contributed by atoms with E-state index in [0.29, 0.717) is 30.4 Å². The molecule has 0 unspecified atom stereocenters. The minimum absolute atomic E-state index is 0.00725. The summed E-state index contributed by atoms with van der Waals surface area (Å²) >= 11 is 6.96. The SMILES string of the molecule is CCOC(=O)c1c(NC(=S)NCCOC)sc2c1CC(C)(C)[NH2+]C2(C)C. The maximum absolute atomic E-state index is 12.7. The van der Waals surface area contributed by atoms with Crippen LogP contribution in [0.5, 0.6) is 0 Å². The van der Waals surface area contributed by atoms with Gasteiger partial charge in [-0.05, 0) is 52.4 Å². The first kappa shape index (κ1) is 21.1. The van der Waals surface area contributed by atoms with Crippen LogP contribution in [0, 0.1) is 0 Å². The van der Waals surface area contributed by atoms with Crippen LogP contribution >= 0.6 is 23.6 Å². The summed E-state index contributed by atoms with van der Waals surface area (Å²) in [7, 11) is 1.64. The van der Waals surface area contributed by atoms with Gasteiger partial charge in [-0.25, -0.2) is 4.79 Å². The highest BCUT2D eigenvalue weighted by Crippen LogP contribution is 2.42. The second kappa shape index (κ2) is 8.21. The topological polar surface area (TPSA) is 76.2 Å². The molecule has 0 saturated heterocycles. The van der Waals surface area contributed by atoms with Gasteiger partial charge >= 0.3 is 5.97 Å². The van der Waals surface area contributed by atoms with E-state index in [4.69, 9.17) is 21.7 Å². The maximum atomic E-state index is 12.7. The number of nitrogens with two attached hydrogens (primary N) is 1. The molecule has 0 aromatic carbocycles. The number of rotatable bonds is 6. The average molecular weight is 401 g/mol. The molecule has 0 spiro atoms. The minimum atomic E-state index is -0.291. The number of quaternary nitrogens is 1. The Morgan fingerprint density at radius 3 is 2.65 bits per heavy atom. The third kappa shape index (κ3) is 4.73. The van der Waals surface area contributed by atoms with Gasteiger partial charge in [0.05, 0.1) is 29.2 Å². The zero-order valence-electron chi connectivity index (χ0n) is 16.4. The summed E-state index contributed by atoms with van der Waals surface area (Å²) in [5, 5.41) is 9.89. The van der Waals surface area contributed by atoms with Crippen molar-refractivity contribution in [3.8, 4) is 0 Å². The Morgan fingerprint density at radius 2 is 2.04 bits per heavy atom. The molecule has 2 rings (SSSR count). The number of methoxy groups -OCH3 is 1. The van der Waals surface area contributed by atoms with Gasteiger partial charge in [0.1, 0.15) is 10.5 Å². The first-order chi connectivity index (χ1) is 12.1. The molecule has 4 N–H and O–H groups in total. The van der Waals surface area contributed by atoms with Gasteiger partial charge in [0, 0.05) is 20.1 Å². The molecule has 8 heteroatoms. The Bertz CT molecular complexity index is 683. The van der Waals surface area contributed by atoms with Gasteiger partial charge in [-0.15, -0.1) is 11.3 Å². The summed E-state index contributed by atoms with van der Waals surface area (Å²) in [4.78, 5) is 13.9. The summed E-state index contributed by atoms with van der Waals surface area (Å²) in [5.74, 6) is -0.291. The fraction of sp³-hybridized carbons (Fsp3) is 0.667. The number of thiocarbonyl (C=S) groups is 1. The largest absolute Gasteiger partial charge is 0.462 e. The quantitative estimate of drug-likeness (QED) is 0.385. The van der Waals surface area contributed by atoms with Crippen LogP contribution < -0.4 is 16.0 Å². The van der Waals surface area contributed by atoms with Crippen molar-refractivity contribution in [2.45, 2.75) is 52.1 Å². The summed E-state index contributed by atoms with van der Waals surface area (Å²) in [6.45, 7) is 12.1. The lowest BCUT2D eigenvalue weighted by Gasteiger charge is -2.38. The predicted octanol–water partition coefficient (Wildman–Crippen LogP) is 1.99. The first-order valence-electron chi connectivity index (χ1n) is 8.85. The van der Waals surface area contributed by atoms with Gasteiger partial charge in [-0.2, -0.15) is 0 Å². The lowest BCUT2D eigenvalue weighted by atomic mass is 9.81. The van der Waals surface area contributed by atoms with E-state index in [1.165, 1.54) is 4.88 Å². The Kier molecular flexibility index (Phi) is 6.65. The lowest BCUT2D eigenvalue weighted by Crippen LogP contribution is -3.03. The first-order valence-corrected chi connectivity index (χ1v) is 10.1. The van der Waals surface area contributed by atoms with Crippen molar-refractivity contribution in [2.24, 2.45) is 0 Å². The van der Waals surface area contributed by atoms with Gasteiger partial charge in [0.25, 0.3) is 0 Å². The summed E-state index contributed by atoms with van der Waals surface area (Å²) in [6.07, 6.45) is 0.807. The van der Waals surface area contributed by atoms with Crippen LogP contribution in [0.4, 0.5) is 5.00 Å². The second-order valence-corrected chi connectivity index (χ2v) is 9.17. The number of nitrogens with one attached hydrogen (secondary N) is 2. The molecule has 0 atom stereocenters. The summed E-state index contributed by atoms with van der Waals surface area (Å²) < 4.78 is 10.4. The molecule has 0 amide bonds. The van der Waals surface area contributed by atoms with E-state index in [-0.39, 0.29) is 17.0 Å². The van der Waals surface area contributed by atoms with E-state index in [1.807, 2.05) is 6.92 Å². The van der Waals surface area contributed by atoms with Crippen LogP contribution in [0.2, 0.25) is 0 Å². The number of hydrogen-bond acceptors (Lipinski definition) is 5. The number of thiophene rings is 1. The van der Waals surface area contributed by atoms with Crippen molar-refractivity contribution < 1.29 is 19.6 Å². The molecule has 2 heterocycles. The molecule has 0 bridgehead atoms. The molecule has 1 aliphatic rings. The Morgan fingerprint density at radius 1 is 1.35 bits per heavy atom. The van der Waals surface area contributed by atoms with Crippen molar-refractivity contribution in [3.63, 3.8) is 0 Å². The predicted molar refractivity (Wildman–Crippen MR) is 109 cm³/mol. The highest BCUT2D eigenvalue weighted by molar-refractivity contribution is 7.80. The monoisotopic (exact) mass is 400 g/mol. The highest BCUT2D eigenvalue weighted by Gasteiger charge is 2.45. The van der Waals surface area contributed by atoms with Crippen molar-refractivity contribution in [3.05, 3.63) is 16.0 Å². The fourth-order valence-electron chi connectivity index (χ4n) is 3.62. The molecule has 0 saturated carbocycles. The van der Waals surface area contributed by atoms with Gasteiger partial charge in [-0.1, -0.05) is 0 Å². The zero-order chi connectivity index (χ0) is 19.5. The van der Waals surface area contributed by atoms with Crippen LogP contribution in [-0.2, 0) is 21.4 Å². The van der Waals surface area contributed by atoms with E-state index in [0.717, 1.165) is 17.0 Å². The smallest absolute Gasteiger partial charge is 0.341 e. The molecule has 0 radical (unpaired) electrons. The van der Waals surface area contributed by atoms with Gasteiger partial charge in [0.2, 0.25) is 0 Å². The maximum Gasteiger partial charge on any atom is 0.341 e. The van der Waals surface area contributed by atoms with E-state index in [2.05, 4.69) is 43.6 Å². The van der Waals surface area contributed by atoms with E-state index < -0.39 is 0 Å². The highest BCUT2D eigenvalue weighted by atomic mass is 32.1. The van der Waals surface area contributed by atoms with Gasteiger partial charge in [0.15, 0.2) is 5.11 Å². The number of hydrogen-bond donors (Lipinski definition) is 3. The van der Waals surface area contributed by atoms with Crippen molar-refractivity contribution in [2.75, 3.05) is 32.2 Å². The van der Waals surface area contributed by atoms with E-state index >= 15 is 0 Å². The average Bonchev–Trinajstić information content (AvgIpc) is 2.84. The number of fused-ring (bicyclic) bond motifs is 1. The Labute approximate surface area is 165 Å². The van der Waals surface area contributed by atoms with Crippen LogP contribution in [0.3, 0.4) is 0 Å². The molecule has 146 valence electrons.